The molecule has 88 valence electrons. The van der Waals surface area contributed by atoms with Crippen LogP contribution in [0.2, 0.25) is 0 Å². The lowest BCUT2D eigenvalue weighted by Gasteiger charge is -2.41. The molecule has 0 unspecified atom stereocenters. The average Bonchev–Trinajstić information content (AvgIpc) is 2.22. The molecule has 0 atom stereocenters. The molecule has 16 heavy (non-hydrogen) atoms. The Morgan fingerprint density at radius 1 is 1.31 bits per heavy atom. The molecule has 0 radical (unpaired) electrons. The zero-order valence-corrected chi connectivity index (χ0v) is 9.10. The van der Waals surface area contributed by atoms with Gasteiger partial charge >= 0.3 is 0 Å². The summed E-state index contributed by atoms with van der Waals surface area (Å²) >= 11 is 0. The van der Waals surface area contributed by atoms with Crippen molar-refractivity contribution in [2.45, 2.75) is 19.3 Å². The molecule has 1 fully saturated rings. The highest BCUT2D eigenvalue weighted by Crippen LogP contribution is 2.39. The Morgan fingerprint density at radius 2 is 2.06 bits per heavy atom. The Hall–Kier alpha value is -1.16. The molecule has 0 heterocycles. The average molecular weight is 226 g/mol. The number of benzene rings is 1. The molecule has 4 heteroatoms. The molecule has 1 saturated carbocycles. The number of hydrogen-bond donors (Lipinski definition) is 2. The minimum absolute atomic E-state index is 0.0821. The van der Waals surface area contributed by atoms with Crippen molar-refractivity contribution in [2.24, 2.45) is 11.1 Å². The van der Waals surface area contributed by atoms with Crippen LogP contribution in [0.4, 0.5) is 14.5 Å². The maximum absolute atomic E-state index is 13.3. The van der Waals surface area contributed by atoms with E-state index in [-0.39, 0.29) is 11.1 Å². The third-order valence-corrected chi connectivity index (χ3v) is 3.43. The molecular weight excluding hydrogens is 210 g/mol. The van der Waals surface area contributed by atoms with Gasteiger partial charge in [-0.25, -0.2) is 8.78 Å². The lowest BCUT2D eigenvalue weighted by Crippen LogP contribution is -2.43. The number of nitrogens with two attached hydrogens (primary N) is 1. The summed E-state index contributed by atoms with van der Waals surface area (Å²) in [4.78, 5) is 0. The quantitative estimate of drug-likeness (QED) is 0.827. The predicted octanol–water partition coefficient (Wildman–Crippen LogP) is 2.51. The smallest absolute Gasteiger partial charge is 0.146 e. The van der Waals surface area contributed by atoms with Crippen LogP contribution in [-0.4, -0.2) is 13.1 Å². The molecule has 0 amide bonds. The highest BCUT2D eigenvalue weighted by Gasteiger charge is 2.35. The van der Waals surface area contributed by atoms with Gasteiger partial charge in [0, 0.05) is 6.54 Å². The van der Waals surface area contributed by atoms with Gasteiger partial charge in [0.15, 0.2) is 0 Å². The summed E-state index contributed by atoms with van der Waals surface area (Å²) in [6.45, 7) is 1.21. The van der Waals surface area contributed by atoms with E-state index in [0.29, 0.717) is 13.1 Å². The van der Waals surface area contributed by atoms with Crippen LogP contribution >= 0.6 is 0 Å². The van der Waals surface area contributed by atoms with Crippen molar-refractivity contribution in [3.63, 3.8) is 0 Å². The Kier molecular flexibility index (Phi) is 3.10. The summed E-state index contributed by atoms with van der Waals surface area (Å²) < 4.78 is 26.2. The lowest BCUT2D eigenvalue weighted by molar-refractivity contribution is 0.163. The van der Waals surface area contributed by atoms with Crippen LogP contribution in [0.25, 0.3) is 0 Å². The van der Waals surface area contributed by atoms with Gasteiger partial charge in [0.05, 0.1) is 5.69 Å². The summed E-state index contributed by atoms with van der Waals surface area (Å²) in [5.41, 5.74) is 6.00. The second-order valence-corrected chi connectivity index (χ2v) is 4.54. The van der Waals surface area contributed by atoms with E-state index in [9.17, 15) is 8.78 Å². The molecule has 0 spiro atoms. The zero-order valence-electron chi connectivity index (χ0n) is 9.10. The summed E-state index contributed by atoms with van der Waals surface area (Å²) in [6, 6.07) is 3.42. The van der Waals surface area contributed by atoms with E-state index < -0.39 is 11.6 Å². The van der Waals surface area contributed by atoms with E-state index in [4.69, 9.17) is 5.73 Å². The van der Waals surface area contributed by atoms with Crippen LogP contribution in [0.3, 0.4) is 0 Å². The van der Waals surface area contributed by atoms with E-state index in [0.717, 1.165) is 25.0 Å². The molecule has 1 aliphatic carbocycles. The van der Waals surface area contributed by atoms with Crippen molar-refractivity contribution in [1.29, 1.82) is 0 Å². The largest absolute Gasteiger partial charge is 0.382 e. The van der Waals surface area contributed by atoms with Crippen LogP contribution in [0.15, 0.2) is 18.2 Å². The summed E-state index contributed by atoms with van der Waals surface area (Å²) in [7, 11) is 0. The van der Waals surface area contributed by atoms with Crippen molar-refractivity contribution in [3.8, 4) is 0 Å². The molecule has 0 aromatic heterocycles. The first-order valence-electron chi connectivity index (χ1n) is 5.54. The highest BCUT2D eigenvalue weighted by atomic mass is 19.1. The summed E-state index contributed by atoms with van der Waals surface area (Å²) in [5.74, 6) is -0.854. The van der Waals surface area contributed by atoms with Gasteiger partial charge in [0.25, 0.3) is 0 Å². The molecule has 2 rings (SSSR count). The molecule has 1 aliphatic rings. The fourth-order valence-electron chi connectivity index (χ4n) is 2.05. The Balaban J connectivity index is 2.01. The van der Waals surface area contributed by atoms with Gasteiger partial charge in [0.1, 0.15) is 11.6 Å². The first kappa shape index (κ1) is 11.3. The van der Waals surface area contributed by atoms with Crippen LogP contribution in [0, 0.1) is 17.0 Å². The Bertz CT molecular complexity index is 370. The summed E-state index contributed by atoms with van der Waals surface area (Å²) in [6.07, 6.45) is 3.30. The number of hydrogen-bond acceptors (Lipinski definition) is 2. The van der Waals surface area contributed by atoms with Crippen LogP contribution in [-0.2, 0) is 0 Å². The lowest BCUT2D eigenvalue weighted by atomic mass is 9.69. The van der Waals surface area contributed by atoms with Crippen LogP contribution in [0.1, 0.15) is 19.3 Å². The maximum atomic E-state index is 13.3. The second kappa shape index (κ2) is 4.37. The predicted molar refractivity (Wildman–Crippen MR) is 60.2 cm³/mol. The fourth-order valence-corrected chi connectivity index (χ4v) is 2.05. The molecule has 1 aromatic carbocycles. The molecular formula is C12H16F2N2. The topological polar surface area (TPSA) is 38.0 Å². The number of rotatable bonds is 4. The van der Waals surface area contributed by atoms with Gasteiger partial charge in [-0.2, -0.15) is 0 Å². The van der Waals surface area contributed by atoms with Gasteiger partial charge in [0.2, 0.25) is 0 Å². The molecule has 0 saturated heterocycles. The van der Waals surface area contributed by atoms with Gasteiger partial charge in [-0.3, -0.25) is 0 Å². The van der Waals surface area contributed by atoms with Crippen molar-refractivity contribution in [2.75, 3.05) is 18.4 Å². The second-order valence-electron chi connectivity index (χ2n) is 4.54. The van der Waals surface area contributed by atoms with E-state index >= 15 is 0 Å². The third kappa shape index (κ3) is 2.16. The monoisotopic (exact) mass is 226 g/mol. The van der Waals surface area contributed by atoms with Gasteiger partial charge in [-0.1, -0.05) is 6.42 Å². The minimum Gasteiger partial charge on any atom is -0.382 e. The Morgan fingerprint density at radius 3 is 2.62 bits per heavy atom. The van der Waals surface area contributed by atoms with E-state index in [1.54, 1.807) is 0 Å². The normalized spacial score (nSPS) is 17.9. The van der Waals surface area contributed by atoms with E-state index in [1.165, 1.54) is 12.5 Å². The van der Waals surface area contributed by atoms with Gasteiger partial charge < -0.3 is 11.1 Å². The van der Waals surface area contributed by atoms with Crippen LogP contribution in [0.5, 0.6) is 0 Å². The number of anilines is 1. The number of halogens is 2. The number of nitrogens with one attached hydrogen (secondary N) is 1. The van der Waals surface area contributed by atoms with Gasteiger partial charge in [-0.15, -0.1) is 0 Å². The molecule has 0 aliphatic heterocycles. The van der Waals surface area contributed by atoms with E-state index in [1.807, 2.05) is 0 Å². The van der Waals surface area contributed by atoms with Crippen molar-refractivity contribution in [1.82, 2.24) is 0 Å². The Labute approximate surface area is 93.8 Å². The molecule has 1 aromatic rings. The standard InChI is InChI=1S/C12H16F2N2/c13-9-2-3-10(14)11(6-9)16-8-12(7-15)4-1-5-12/h2-3,6,16H,1,4-5,7-8,15H2. The van der Waals surface area contributed by atoms with Crippen LogP contribution < -0.4 is 11.1 Å². The maximum Gasteiger partial charge on any atom is 0.146 e. The molecule has 0 bridgehead atoms. The molecule has 3 N–H and O–H groups in total. The third-order valence-electron chi connectivity index (χ3n) is 3.43. The zero-order chi connectivity index (χ0) is 11.6. The minimum atomic E-state index is -0.431. The van der Waals surface area contributed by atoms with E-state index in [2.05, 4.69) is 5.32 Å². The van der Waals surface area contributed by atoms with Gasteiger partial charge in [-0.05, 0) is 43.0 Å². The first-order valence-corrected chi connectivity index (χ1v) is 5.54. The van der Waals surface area contributed by atoms with Crippen molar-refractivity contribution >= 4 is 5.69 Å². The fraction of sp³-hybridized carbons (Fsp3) is 0.500. The molecule has 2 nitrogen and oxygen atoms in total. The SMILES string of the molecule is NCC1(CNc2cc(F)ccc2F)CCC1. The highest BCUT2D eigenvalue weighted by molar-refractivity contribution is 5.45. The van der Waals surface area contributed by atoms with Crippen molar-refractivity contribution in [3.05, 3.63) is 29.8 Å². The summed E-state index contributed by atoms with van der Waals surface area (Å²) in [5, 5.41) is 2.95. The van der Waals surface area contributed by atoms with Crippen molar-refractivity contribution < 1.29 is 8.78 Å². The first-order chi connectivity index (χ1) is 7.65.